The molecule has 0 aliphatic heterocycles. The van der Waals surface area contributed by atoms with E-state index in [-0.39, 0.29) is 24.0 Å². The van der Waals surface area contributed by atoms with Gasteiger partial charge in [0.2, 0.25) is 0 Å². The first-order valence-corrected chi connectivity index (χ1v) is 4.21. The molecular weight excluding hydrogens is 360 g/mol. The molecule has 0 amide bonds. The summed E-state index contributed by atoms with van der Waals surface area (Å²) in [6.07, 6.45) is 2.13. The van der Waals surface area contributed by atoms with Crippen molar-refractivity contribution in [3.05, 3.63) is 14.1 Å². The van der Waals surface area contributed by atoms with Crippen LogP contribution in [0.25, 0.3) is 0 Å². The number of nitrogens with zero attached hydrogens (tertiary/aromatic N) is 1. The van der Waals surface area contributed by atoms with E-state index < -0.39 is 0 Å². The SMILES string of the molecule is Cc1c[n+](C)c(I)s1.[I-]. The van der Waals surface area contributed by atoms with Crippen LogP contribution in [0.1, 0.15) is 4.88 Å². The minimum atomic E-state index is 0. The van der Waals surface area contributed by atoms with E-state index >= 15 is 0 Å². The molecule has 0 aliphatic rings. The van der Waals surface area contributed by atoms with E-state index in [0.717, 1.165) is 0 Å². The Balaban J connectivity index is 0.000000640. The quantitative estimate of drug-likeness (QED) is 0.388. The van der Waals surface area contributed by atoms with Gasteiger partial charge in [0.1, 0.15) is 7.05 Å². The van der Waals surface area contributed by atoms with E-state index in [2.05, 4.69) is 47.3 Å². The monoisotopic (exact) mass is 367 g/mol. The van der Waals surface area contributed by atoms with Gasteiger partial charge in [-0.05, 0) is 6.92 Å². The van der Waals surface area contributed by atoms with Gasteiger partial charge in [-0.15, -0.1) is 0 Å². The molecule has 52 valence electrons. The highest BCUT2D eigenvalue weighted by atomic mass is 127. The highest BCUT2D eigenvalue weighted by molar-refractivity contribution is 14.1. The fourth-order valence-electron chi connectivity index (χ4n) is 0.555. The Bertz CT molecular complexity index is 177. The van der Waals surface area contributed by atoms with Crippen LogP contribution in [0.2, 0.25) is 0 Å². The normalized spacial score (nSPS) is 8.78. The van der Waals surface area contributed by atoms with Crippen LogP contribution in [0.5, 0.6) is 0 Å². The number of hydrogen-bond acceptors (Lipinski definition) is 1. The molecule has 0 saturated heterocycles. The second kappa shape index (κ2) is 4.07. The zero-order valence-electron chi connectivity index (χ0n) is 5.19. The molecule has 0 radical (unpaired) electrons. The Hall–Kier alpha value is 1.09. The highest BCUT2D eigenvalue weighted by Gasteiger charge is 2.04. The summed E-state index contributed by atoms with van der Waals surface area (Å²) in [6.45, 7) is 2.12. The molecule has 0 atom stereocenters. The molecule has 0 fully saturated rings. The van der Waals surface area contributed by atoms with Gasteiger partial charge in [-0.2, -0.15) is 4.57 Å². The van der Waals surface area contributed by atoms with Crippen molar-refractivity contribution in [3.8, 4) is 0 Å². The summed E-state index contributed by atoms with van der Waals surface area (Å²) in [5.41, 5.74) is 0. The standard InChI is InChI=1S/C5H7INS.HI/c1-4-3-7(2)5(6)8-4;/h3H,1-2H3;1H/q+1;/p-1. The lowest BCUT2D eigenvalue weighted by molar-refractivity contribution is -0.678. The smallest absolute Gasteiger partial charge is 0.297 e. The van der Waals surface area contributed by atoms with Gasteiger partial charge in [0, 0.05) is 0 Å². The first-order chi connectivity index (χ1) is 3.70. The van der Waals surface area contributed by atoms with Crippen molar-refractivity contribution in [2.45, 2.75) is 6.92 Å². The minimum Gasteiger partial charge on any atom is -1.00 e. The molecule has 1 rings (SSSR count). The van der Waals surface area contributed by atoms with Crippen LogP contribution in [0, 0.1) is 9.94 Å². The maximum absolute atomic E-state index is 2.33. The molecule has 0 aliphatic carbocycles. The third-order valence-corrected chi connectivity index (χ3v) is 3.20. The number of aromatic nitrogens is 1. The third kappa shape index (κ3) is 2.67. The van der Waals surface area contributed by atoms with Crippen molar-refractivity contribution >= 4 is 33.9 Å². The van der Waals surface area contributed by atoms with Crippen LogP contribution in [0.15, 0.2) is 6.20 Å². The molecule has 1 nitrogen and oxygen atoms in total. The largest absolute Gasteiger partial charge is 1.00 e. The average Bonchev–Trinajstić information content (AvgIpc) is 1.85. The number of thiazole rings is 1. The Morgan fingerprint density at radius 1 is 1.67 bits per heavy atom. The maximum atomic E-state index is 2.33. The second-order valence-corrected chi connectivity index (χ2v) is 4.69. The topological polar surface area (TPSA) is 3.88 Å². The van der Waals surface area contributed by atoms with E-state index in [1.807, 2.05) is 11.3 Å². The Kier molecular flexibility index (Phi) is 4.56. The molecule has 0 aromatic carbocycles. The van der Waals surface area contributed by atoms with E-state index in [1.165, 1.54) is 7.89 Å². The summed E-state index contributed by atoms with van der Waals surface area (Å²) >= 11 is 4.15. The molecule has 0 unspecified atom stereocenters. The molecule has 0 saturated carbocycles. The molecule has 0 N–H and O–H groups in total. The van der Waals surface area contributed by atoms with Crippen LogP contribution in [-0.2, 0) is 7.05 Å². The molecule has 4 heteroatoms. The third-order valence-electron chi connectivity index (χ3n) is 0.898. The summed E-state index contributed by atoms with van der Waals surface area (Å²) in [4.78, 5) is 1.37. The second-order valence-electron chi connectivity index (χ2n) is 1.71. The molecular formula is C5H7I2NS. The maximum Gasteiger partial charge on any atom is 0.297 e. The summed E-state index contributed by atoms with van der Waals surface area (Å²) in [7, 11) is 2.06. The van der Waals surface area contributed by atoms with Crippen LogP contribution in [0.4, 0.5) is 0 Å². The number of rotatable bonds is 0. The minimum absolute atomic E-state index is 0. The van der Waals surface area contributed by atoms with Gasteiger partial charge in [-0.25, -0.2) is 0 Å². The summed E-state index contributed by atoms with van der Waals surface area (Å²) in [6, 6.07) is 0. The van der Waals surface area contributed by atoms with Crippen molar-refractivity contribution in [1.82, 2.24) is 0 Å². The van der Waals surface area contributed by atoms with Crippen molar-refractivity contribution < 1.29 is 28.5 Å². The lowest BCUT2D eigenvalue weighted by atomic mass is 10.6. The van der Waals surface area contributed by atoms with Crippen LogP contribution < -0.4 is 28.5 Å². The van der Waals surface area contributed by atoms with Crippen LogP contribution in [-0.4, -0.2) is 0 Å². The van der Waals surface area contributed by atoms with E-state index in [1.54, 1.807) is 0 Å². The van der Waals surface area contributed by atoms with Crippen LogP contribution in [0.3, 0.4) is 0 Å². The van der Waals surface area contributed by atoms with E-state index in [9.17, 15) is 0 Å². The van der Waals surface area contributed by atoms with Crippen molar-refractivity contribution in [1.29, 1.82) is 0 Å². The highest BCUT2D eigenvalue weighted by Crippen LogP contribution is 2.10. The summed E-state index contributed by atoms with van der Waals surface area (Å²) in [5, 5.41) is 0. The molecule has 1 aromatic heterocycles. The lowest BCUT2D eigenvalue weighted by Gasteiger charge is -1.72. The summed E-state index contributed by atoms with van der Waals surface area (Å²) < 4.78 is 3.46. The fourth-order valence-corrected chi connectivity index (χ4v) is 2.41. The number of halogens is 2. The van der Waals surface area contributed by atoms with Crippen LogP contribution >= 0.6 is 33.9 Å². The predicted molar refractivity (Wildman–Crippen MR) is 42.9 cm³/mol. The predicted octanol–water partition coefficient (Wildman–Crippen LogP) is -1.51. The van der Waals surface area contributed by atoms with Gasteiger partial charge >= 0.3 is 0 Å². The van der Waals surface area contributed by atoms with Gasteiger partial charge in [0.25, 0.3) is 3.01 Å². The zero-order chi connectivity index (χ0) is 6.15. The first kappa shape index (κ1) is 10.1. The zero-order valence-corrected chi connectivity index (χ0v) is 10.3. The Labute approximate surface area is 89.6 Å². The molecule has 1 heterocycles. The molecule has 0 spiro atoms. The fraction of sp³-hybridized carbons (Fsp3) is 0.400. The average molecular weight is 367 g/mol. The van der Waals surface area contributed by atoms with Crippen molar-refractivity contribution in [3.63, 3.8) is 0 Å². The summed E-state index contributed by atoms with van der Waals surface area (Å²) in [5.74, 6) is 0. The number of aryl methyl sites for hydroxylation is 2. The Morgan fingerprint density at radius 3 is 2.33 bits per heavy atom. The molecule has 0 bridgehead atoms. The van der Waals surface area contributed by atoms with Gasteiger partial charge in [-0.1, -0.05) is 11.3 Å². The lowest BCUT2D eigenvalue weighted by Crippen LogP contribution is -3.00. The molecule has 9 heavy (non-hydrogen) atoms. The van der Waals surface area contributed by atoms with Gasteiger partial charge in [-0.3, -0.25) is 0 Å². The van der Waals surface area contributed by atoms with Crippen molar-refractivity contribution in [2.75, 3.05) is 0 Å². The Morgan fingerprint density at radius 2 is 2.22 bits per heavy atom. The van der Waals surface area contributed by atoms with E-state index in [0.29, 0.717) is 0 Å². The van der Waals surface area contributed by atoms with Gasteiger partial charge < -0.3 is 24.0 Å². The van der Waals surface area contributed by atoms with E-state index in [4.69, 9.17) is 0 Å². The number of hydrogen-bond donors (Lipinski definition) is 0. The molecule has 1 aromatic rings. The first-order valence-electron chi connectivity index (χ1n) is 2.31. The van der Waals surface area contributed by atoms with Gasteiger partial charge in [0.05, 0.1) is 27.5 Å². The van der Waals surface area contributed by atoms with Crippen molar-refractivity contribution in [2.24, 2.45) is 7.05 Å². The van der Waals surface area contributed by atoms with Gasteiger partial charge in [0.15, 0.2) is 6.20 Å².